The number of oxazole rings is 1. The molecular weight excluding hydrogens is 600 g/mol. The minimum absolute atomic E-state index is 0.0660. The van der Waals surface area contributed by atoms with Gasteiger partial charge in [0.15, 0.2) is 6.39 Å². The van der Waals surface area contributed by atoms with Crippen molar-refractivity contribution in [1.82, 2.24) is 39.8 Å². The van der Waals surface area contributed by atoms with Crippen LogP contribution in [0.1, 0.15) is 129 Å². The van der Waals surface area contributed by atoms with E-state index < -0.39 is 0 Å². The van der Waals surface area contributed by atoms with Gasteiger partial charge in [0.1, 0.15) is 18.9 Å². The van der Waals surface area contributed by atoms with Gasteiger partial charge in [-0.1, -0.05) is 27.2 Å². The van der Waals surface area contributed by atoms with E-state index in [1.165, 1.54) is 51.8 Å². The zero-order chi connectivity index (χ0) is 36.7. The van der Waals surface area contributed by atoms with E-state index in [9.17, 15) is 0 Å². The number of rotatable bonds is 0. The highest BCUT2D eigenvalue weighted by Gasteiger charge is 2.24. The van der Waals surface area contributed by atoms with Crippen molar-refractivity contribution in [1.29, 1.82) is 0 Å². The zero-order valence-electron chi connectivity index (χ0n) is 33.9. The molecule has 3 fully saturated rings. The zero-order valence-corrected chi connectivity index (χ0v) is 33.9. The van der Waals surface area contributed by atoms with Crippen molar-refractivity contribution in [3.8, 4) is 0 Å². The van der Waals surface area contributed by atoms with Crippen LogP contribution in [0.15, 0.2) is 29.7 Å². The Bertz CT molecular complexity index is 924. The fourth-order valence-corrected chi connectivity index (χ4v) is 5.27. The van der Waals surface area contributed by atoms with E-state index in [2.05, 4.69) is 139 Å². The normalized spacial score (nSPS) is 18.9. The number of morpholine rings is 1. The van der Waals surface area contributed by atoms with Crippen molar-refractivity contribution in [2.45, 2.75) is 151 Å². The SMILES string of the molecule is CC(C)(C)N1CCCCC1.CC(C)(C)N1CCNCC1.CC(C)(C)N1CCOCC1.CC(C)(C)c1cocn1.CC(C)(C)n1cncn1. The number of piperazine rings is 1. The number of piperidine rings is 1. The predicted molar refractivity (Wildman–Crippen MR) is 202 cm³/mol. The van der Waals surface area contributed by atoms with E-state index in [0.717, 1.165) is 45.1 Å². The topological polar surface area (TPSA) is 87.7 Å². The number of likely N-dealkylation sites (tertiary alicyclic amines) is 1. The molecule has 0 aromatic carbocycles. The second-order valence-electron chi connectivity index (χ2n) is 18.0. The molecule has 2 aromatic heterocycles. The van der Waals surface area contributed by atoms with Crippen LogP contribution < -0.4 is 5.32 Å². The lowest BCUT2D eigenvalue weighted by Gasteiger charge is -2.38. The number of nitrogens with one attached hydrogen (secondary N) is 1. The largest absolute Gasteiger partial charge is 0.451 e. The molecule has 0 spiro atoms. The fraction of sp³-hybridized carbons (Fsp3) is 0.868. The highest BCUT2D eigenvalue weighted by atomic mass is 16.5. The van der Waals surface area contributed by atoms with Crippen LogP contribution in [0, 0.1) is 0 Å². The van der Waals surface area contributed by atoms with E-state index in [-0.39, 0.29) is 11.0 Å². The third kappa shape index (κ3) is 18.8. The van der Waals surface area contributed by atoms with E-state index in [4.69, 9.17) is 9.15 Å². The Labute approximate surface area is 295 Å². The second kappa shape index (κ2) is 20.1. The van der Waals surface area contributed by atoms with Crippen LogP contribution >= 0.6 is 0 Å². The lowest BCUT2D eigenvalue weighted by Crippen LogP contribution is -2.51. The lowest BCUT2D eigenvalue weighted by molar-refractivity contribution is -0.00389. The molecule has 48 heavy (non-hydrogen) atoms. The van der Waals surface area contributed by atoms with Gasteiger partial charge in [0.25, 0.3) is 0 Å². The highest BCUT2D eigenvalue weighted by Crippen LogP contribution is 2.20. The first-order valence-corrected chi connectivity index (χ1v) is 18.3. The monoisotopic (exact) mass is 677 g/mol. The first-order valence-electron chi connectivity index (χ1n) is 18.3. The van der Waals surface area contributed by atoms with Gasteiger partial charge in [-0.2, -0.15) is 5.10 Å². The third-order valence-corrected chi connectivity index (χ3v) is 8.64. The number of aromatic nitrogens is 4. The van der Waals surface area contributed by atoms with E-state index in [1.54, 1.807) is 18.9 Å². The predicted octanol–water partition coefficient (Wildman–Crippen LogP) is 7.08. The van der Waals surface area contributed by atoms with Crippen molar-refractivity contribution in [3.63, 3.8) is 0 Å². The van der Waals surface area contributed by atoms with Gasteiger partial charge < -0.3 is 14.5 Å². The molecule has 2 aromatic rings. The number of nitrogens with zero attached hydrogens (tertiary/aromatic N) is 7. The van der Waals surface area contributed by atoms with Crippen LogP contribution in [0.3, 0.4) is 0 Å². The molecule has 0 amide bonds. The van der Waals surface area contributed by atoms with Gasteiger partial charge in [-0.3, -0.25) is 14.7 Å². The first kappa shape index (κ1) is 44.2. The van der Waals surface area contributed by atoms with Gasteiger partial charge in [-0.15, -0.1) is 0 Å². The molecule has 0 bridgehead atoms. The fourth-order valence-electron chi connectivity index (χ4n) is 5.27. The van der Waals surface area contributed by atoms with E-state index in [0.29, 0.717) is 16.6 Å². The second-order valence-corrected chi connectivity index (χ2v) is 18.0. The van der Waals surface area contributed by atoms with Gasteiger partial charge in [0, 0.05) is 61.3 Å². The van der Waals surface area contributed by atoms with Crippen LogP contribution in [0.4, 0.5) is 0 Å². The lowest BCUT2D eigenvalue weighted by atomic mass is 9.93. The molecule has 5 heterocycles. The van der Waals surface area contributed by atoms with Gasteiger partial charge in [-0.05, 0) is 109 Å². The van der Waals surface area contributed by atoms with Crippen LogP contribution in [-0.2, 0) is 15.7 Å². The Morgan fingerprint density at radius 3 is 1.35 bits per heavy atom. The highest BCUT2D eigenvalue weighted by molar-refractivity contribution is 5.05. The summed E-state index contributed by atoms with van der Waals surface area (Å²) >= 11 is 0. The van der Waals surface area contributed by atoms with Gasteiger partial charge in [0.05, 0.1) is 24.4 Å². The molecule has 0 aliphatic carbocycles. The molecule has 1 N–H and O–H groups in total. The Balaban J connectivity index is 0.000000300. The molecule has 0 unspecified atom stereocenters. The molecule has 5 rings (SSSR count). The van der Waals surface area contributed by atoms with E-state index >= 15 is 0 Å². The number of ether oxygens (including phenoxy) is 1. The summed E-state index contributed by atoms with van der Waals surface area (Å²) in [5.74, 6) is 0. The van der Waals surface area contributed by atoms with Gasteiger partial charge in [0.2, 0.25) is 0 Å². The summed E-state index contributed by atoms with van der Waals surface area (Å²) in [7, 11) is 0. The Morgan fingerprint density at radius 2 is 1.08 bits per heavy atom. The van der Waals surface area contributed by atoms with Crippen molar-refractivity contribution in [2.75, 3.05) is 65.6 Å². The molecule has 0 radical (unpaired) electrons. The Morgan fingerprint density at radius 1 is 0.604 bits per heavy atom. The smallest absolute Gasteiger partial charge is 0.180 e. The molecule has 3 saturated heterocycles. The molecule has 280 valence electrons. The summed E-state index contributed by atoms with van der Waals surface area (Å²) in [6.45, 7) is 44.3. The van der Waals surface area contributed by atoms with Gasteiger partial charge in [-0.25, -0.2) is 14.6 Å². The summed E-state index contributed by atoms with van der Waals surface area (Å²) in [4.78, 5) is 15.4. The van der Waals surface area contributed by atoms with Crippen LogP contribution in [0.5, 0.6) is 0 Å². The summed E-state index contributed by atoms with van der Waals surface area (Å²) in [6.07, 6.45) is 10.6. The summed E-state index contributed by atoms with van der Waals surface area (Å²) in [6, 6.07) is 0. The molecule has 0 saturated carbocycles. The van der Waals surface area contributed by atoms with Crippen LogP contribution in [-0.4, -0.2) is 117 Å². The molecule has 3 aliphatic rings. The molecule has 3 aliphatic heterocycles. The summed E-state index contributed by atoms with van der Waals surface area (Å²) < 4.78 is 11.9. The van der Waals surface area contributed by atoms with Crippen molar-refractivity contribution < 1.29 is 9.15 Å². The van der Waals surface area contributed by atoms with Gasteiger partial charge >= 0.3 is 0 Å². The molecule has 10 heteroatoms. The quantitative estimate of drug-likeness (QED) is 0.315. The summed E-state index contributed by atoms with van der Waals surface area (Å²) in [5.41, 5.74) is 2.28. The van der Waals surface area contributed by atoms with Crippen molar-refractivity contribution >= 4 is 0 Å². The number of hydrogen-bond acceptors (Lipinski definition) is 9. The molecule has 10 nitrogen and oxygen atoms in total. The maximum Gasteiger partial charge on any atom is 0.180 e. The standard InChI is InChI=1S/C9H19N.C8H18N2.C8H17NO.C7H11NO.C6H11N3/c1-9(2,3)10-7-5-4-6-8-10;1-8(2,3)10-6-4-9-5-7-10;1-8(2,3)9-4-6-10-7-5-9;1-7(2,3)6-4-9-5-8-6;1-6(2,3)9-5-7-4-8-9/h4-8H2,1-3H3;9H,4-7H2,1-3H3;4-7H2,1-3H3;2*4-5H,1-3H3. The average Bonchev–Trinajstić information content (AvgIpc) is 3.75. The maximum atomic E-state index is 5.25. The summed E-state index contributed by atoms with van der Waals surface area (Å²) in [5, 5.41) is 7.34. The van der Waals surface area contributed by atoms with Crippen molar-refractivity contribution in [3.05, 3.63) is 31.0 Å². The molecular formula is C38H76N8O2. The van der Waals surface area contributed by atoms with Crippen LogP contribution in [0.2, 0.25) is 0 Å². The maximum absolute atomic E-state index is 5.25. The Hall–Kier alpha value is -1.85. The Kier molecular flexibility index (Phi) is 18.5. The molecule has 0 atom stereocenters. The first-order chi connectivity index (χ1) is 22.0. The number of hydrogen-bond donors (Lipinski definition) is 1. The minimum atomic E-state index is 0.0660. The van der Waals surface area contributed by atoms with Crippen LogP contribution in [0.25, 0.3) is 0 Å². The third-order valence-electron chi connectivity index (χ3n) is 8.64. The minimum Gasteiger partial charge on any atom is -0.451 e. The average molecular weight is 677 g/mol. The van der Waals surface area contributed by atoms with Crippen molar-refractivity contribution in [2.24, 2.45) is 0 Å². The van der Waals surface area contributed by atoms with E-state index in [1.807, 2.05) is 4.68 Å².